The van der Waals surface area contributed by atoms with Gasteiger partial charge in [-0.2, -0.15) is 4.98 Å². The molecule has 0 bridgehead atoms. The standard InChI is InChI=1S/C10H15ClN2O2/c1-7-4-13(5-8(2)15-7)10-12-9(3-11)6-14-10/h6-8H,3-5H2,1-2H3/t7-,8+. The average molecular weight is 231 g/mol. The van der Waals surface area contributed by atoms with Crippen LogP contribution < -0.4 is 4.90 Å². The Morgan fingerprint density at radius 2 is 2.13 bits per heavy atom. The lowest BCUT2D eigenvalue weighted by Gasteiger charge is -2.34. The molecule has 2 heterocycles. The molecule has 0 spiro atoms. The van der Waals surface area contributed by atoms with Gasteiger partial charge in [-0.1, -0.05) is 0 Å². The summed E-state index contributed by atoms with van der Waals surface area (Å²) in [7, 11) is 0. The maximum Gasteiger partial charge on any atom is 0.297 e. The predicted octanol–water partition coefficient (Wildman–Crippen LogP) is 2.03. The van der Waals surface area contributed by atoms with E-state index in [1.54, 1.807) is 6.26 Å². The van der Waals surface area contributed by atoms with Crippen LogP contribution >= 0.6 is 11.6 Å². The molecule has 84 valence electrons. The van der Waals surface area contributed by atoms with Crippen molar-refractivity contribution in [3.63, 3.8) is 0 Å². The molecule has 0 saturated carbocycles. The fraction of sp³-hybridized carbons (Fsp3) is 0.700. The van der Waals surface area contributed by atoms with Crippen molar-refractivity contribution in [3.05, 3.63) is 12.0 Å². The van der Waals surface area contributed by atoms with E-state index in [0.717, 1.165) is 18.8 Å². The van der Waals surface area contributed by atoms with E-state index < -0.39 is 0 Å². The van der Waals surface area contributed by atoms with Crippen molar-refractivity contribution < 1.29 is 9.15 Å². The van der Waals surface area contributed by atoms with Crippen molar-refractivity contribution in [1.82, 2.24) is 4.98 Å². The highest BCUT2D eigenvalue weighted by molar-refractivity contribution is 6.16. The van der Waals surface area contributed by atoms with Crippen molar-refractivity contribution in [1.29, 1.82) is 0 Å². The summed E-state index contributed by atoms with van der Waals surface area (Å²) in [6.45, 7) is 5.72. The number of hydrogen-bond donors (Lipinski definition) is 0. The quantitative estimate of drug-likeness (QED) is 0.729. The largest absolute Gasteiger partial charge is 0.432 e. The Balaban J connectivity index is 2.09. The molecule has 1 saturated heterocycles. The predicted molar refractivity (Wildman–Crippen MR) is 58.3 cm³/mol. The number of ether oxygens (including phenoxy) is 1. The topological polar surface area (TPSA) is 38.5 Å². The Morgan fingerprint density at radius 3 is 2.67 bits per heavy atom. The van der Waals surface area contributed by atoms with Gasteiger partial charge in [0.2, 0.25) is 0 Å². The highest BCUT2D eigenvalue weighted by atomic mass is 35.5. The number of alkyl halides is 1. The van der Waals surface area contributed by atoms with E-state index in [-0.39, 0.29) is 12.2 Å². The maximum atomic E-state index is 5.67. The molecule has 1 aliphatic heterocycles. The average Bonchev–Trinajstić information content (AvgIpc) is 2.64. The fourth-order valence-electron chi connectivity index (χ4n) is 1.84. The summed E-state index contributed by atoms with van der Waals surface area (Å²) >= 11 is 5.67. The molecule has 15 heavy (non-hydrogen) atoms. The molecule has 1 aliphatic rings. The number of aromatic nitrogens is 1. The van der Waals surface area contributed by atoms with Crippen LogP contribution in [0.2, 0.25) is 0 Å². The third-order valence-corrected chi connectivity index (χ3v) is 2.64. The number of rotatable bonds is 2. The van der Waals surface area contributed by atoms with E-state index in [0.29, 0.717) is 11.9 Å². The lowest BCUT2D eigenvalue weighted by molar-refractivity contribution is -0.00670. The van der Waals surface area contributed by atoms with Crippen LogP contribution in [0.15, 0.2) is 10.7 Å². The number of halogens is 1. The minimum atomic E-state index is 0.208. The molecule has 4 nitrogen and oxygen atoms in total. The molecule has 1 aromatic rings. The number of nitrogens with zero attached hydrogens (tertiary/aromatic N) is 2. The molecule has 0 radical (unpaired) electrons. The zero-order chi connectivity index (χ0) is 10.8. The van der Waals surface area contributed by atoms with Crippen LogP contribution in [0.25, 0.3) is 0 Å². The summed E-state index contributed by atoms with van der Waals surface area (Å²) in [5.74, 6) is 0.388. The maximum absolute atomic E-state index is 5.67. The second kappa shape index (κ2) is 4.41. The van der Waals surface area contributed by atoms with Crippen LogP contribution in [0.1, 0.15) is 19.5 Å². The lowest BCUT2D eigenvalue weighted by atomic mass is 10.2. The van der Waals surface area contributed by atoms with E-state index in [2.05, 4.69) is 9.88 Å². The molecule has 0 amide bonds. The fourth-order valence-corrected chi connectivity index (χ4v) is 1.96. The molecule has 5 heteroatoms. The highest BCUT2D eigenvalue weighted by Gasteiger charge is 2.25. The van der Waals surface area contributed by atoms with Crippen LogP contribution in [0.4, 0.5) is 6.01 Å². The SMILES string of the molecule is C[C@@H]1CN(c2nc(CCl)co2)C[C@H](C)O1. The first-order chi connectivity index (χ1) is 7.19. The van der Waals surface area contributed by atoms with Crippen molar-refractivity contribution in [2.45, 2.75) is 31.9 Å². The minimum absolute atomic E-state index is 0.208. The van der Waals surface area contributed by atoms with Crippen LogP contribution in [-0.4, -0.2) is 30.3 Å². The van der Waals surface area contributed by atoms with Crippen molar-refractivity contribution in [3.8, 4) is 0 Å². The van der Waals surface area contributed by atoms with Crippen molar-refractivity contribution >= 4 is 17.6 Å². The van der Waals surface area contributed by atoms with Crippen LogP contribution in [0, 0.1) is 0 Å². The van der Waals surface area contributed by atoms with Crippen molar-refractivity contribution in [2.75, 3.05) is 18.0 Å². The van der Waals surface area contributed by atoms with Gasteiger partial charge in [-0.05, 0) is 13.8 Å². The smallest absolute Gasteiger partial charge is 0.297 e. The van der Waals surface area contributed by atoms with E-state index in [9.17, 15) is 0 Å². The first-order valence-electron chi connectivity index (χ1n) is 5.10. The van der Waals surface area contributed by atoms with Gasteiger partial charge in [-0.25, -0.2) is 0 Å². The summed E-state index contributed by atoms with van der Waals surface area (Å²) in [4.78, 5) is 6.39. The van der Waals surface area contributed by atoms with Crippen molar-refractivity contribution in [2.24, 2.45) is 0 Å². The van der Waals surface area contributed by atoms with E-state index in [1.165, 1.54) is 0 Å². The Bertz CT molecular complexity index is 319. The number of hydrogen-bond acceptors (Lipinski definition) is 4. The summed E-state index contributed by atoms with van der Waals surface area (Å²) in [5.41, 5.74) is 0.776. The van der Waals surface area contributed by atoms with Gasteiger partial charge < -0.3 is 14.1 Å². The zero-order valence-corrected chi connectivity index (χ0v) is 9.70. The number of anilines is 1. The molecular formula is C10H15ClN2O2. The molecule has 1 fully saturated rings. The third-order valence-electron chi connectivity index (χ3n) is 2.37. The molecule has 0 aromatic carbocycles. The van der Waals surface area contributed by atoms with Gasteiger partial charge in [0.05, 0.1) is 23.8 Å². The van der Waals surface area contributed by atoms with Gasteiger partial charge in [0.25, 0.3) is 6.01 Å². The van der Waals surface area contributed by atoms with Gasteiger partial charge in [0.15, 0.2) is 0 Å². The zero-order valence-electron chi connectivity index (χ0n) is 8.94. The molecule has 1 aromatic heterocycles. The third kappa shape index (κ3) is 2.44. The van der Waals surface area contributed by atoms with Gasteiger partial charge in [0, 0.05) is 13.1 Å². The molecule has 0 aliphatic carbocycles. The van der Waals surface area contributed by atoms with Crippen LogP contribution in [0.5, 0.6) is 0 Å². The molecule has 2 rings (SSSR count). The Labute approximate surface area is 94.2 Å². The number of morpholine rings is 1. The Kier molecular flexibility index (Phi) is 3.17. The molecular weight excluding hydrogens is 216 g/mol. The van der Waals surface area contributed by atoms with Crippen LogP contribution in [-0.2, 0) is 10.6 Å². The van der Waals surface area contributed by atoms with E-state index >= 15 is 0 Å². The lowest BCUT2D eigenvalue weighted by Crippen LogP contribution is -2.45. The van der Waals surface area contributed by atoms with E-state index in [4.69, 9.17) is 20.8 Å². The summed E-state index contributed by atoms with van der Waals surface area (Å²) < 4.78 is 11.0. The summed E-state index contributed by atoms with van der Waals surface area (Å²) in [6.07, 6.45) is 2.02. The second-order valence-electron chi connectivity index (χ2n) is 3.92. The minimum Gasteiger partial charge on any atom is -0.432 e. The van der Waals surface area contributed by atoms with Gasteiger partial charge >= 0.3 is 0 Å². The normalized spacial score (nSPS) is 27.0. The summed E-state index contributed by atoms with van der Waals surface area (Å²) in [6, 6.07) is 0.646. The van der Waals surface area contributed by atoms with Gasteiger partial charge in [-0.3, -0.25) is 0 Å². The highest BCUT2D eigenvalue weighted by Crippen LogP contribution is 2.20. The Hall–Kier alpha value is -0.740. The number of oxazole rings is 1. The first kappa shape index (κ1) is 10.8. The second-order valence-corrected chi connectivity index (χ2v) is 4.18. The molecule has 0 N–H and O–H groups in total. The van der Waals surface area contributed by atoms with Gasteiger partial charge in [-0.15, -0.1) is 11.6 Å². The van der Waals surface area contributed by atoms with E-state index in [1.807, 2.05) is 13.8 Å². The van der Waals surface area contributed by atoms with Crippen LogP contribution in [0.3, 0.4) is 0 Å². The summed E-state index contributed by atoms with van der Waals surface area (Å²) in [5, 5.41) is 0. The first-order valence-corrected chi connectivity index (χ1v) is 5.63. The monoisotopic (exact) mass is 230 g/mol. The Morgan fingerprint density at radius 1 is 1.47 bits per heavy atom. The van der Waals surface area contributed by atoms with Gasteiger partial charge in [0.1, 0.15) is 6.26 Å². The molecule has 2 atom stereocenters. The molecule has 0 unspecified atom stereocenters.